The predicted molar refractivity (Wildman–Crippen MR) is 45.4 cm³/mol. The van der Waals surface area contributed by atoms with E-state index in [1.165, 1.54) is 0 Å². The minimum Gasteiger partial charge on any atom is -0.355 e. The highest BCUT2D eigenvalue weighted by Gasteiger charge is 2.91. The molecule has 0 radical (unpaired) electrons. The lowest BCUT2D eigenvalue weighted by Crippen LogP contribution is -2.74. The van der Waals surface area contributed by atoms with E-state index in [2.05, 4.69) is 27.1 Å². The third kappa shape index (κ3) is 1.16. The van der Waals surface area contributed by atoms with E-state index in [0.717, 1.165) is 0 Å². The number of fused-ring (bicyclic) bond motifs is 4. The quantitative estimate of drug-likeness (QED) is 0.468. The number of ketones is 1. The van der Waals surface area contributed by atoms with Crippen molar-refractivity contribution in [3.05, 3.63) is 0 Å². The number of phosphoric ester groups is 2. The van der Waals surface area contributed by atoms with Crippen molar-refractivity contribution in [2.24, 2.45) is 0 Å². The molecule has 3 N–H and O–H groups in total. The molecule has 0 amide bonds. The third-order valence-electron chi connectivity index (χ3n) is 2.84. The van der Waals surface area contributed by atoms with Crippen LogP contribution >= 0.6 is 15.6 Å². The van der Waals surface area contributed by atoms with Gasteiger partial charge in [-0.1, -0.05) is 0 Å². The van der Waals surface area contributed by atoms with Crippen molar-refractivity contribution in [1.29, 1.82) is 0 Å². The maximum absolute atomic E-state index is 11.7. The maximum atomic E-state index is 11.7. The van der Waals surface area contributed by atoms with Crippen LogP contribution < -0.4 is 0 Å². The summed E-state index contributed by atoms with van der Waals surface area (Å²) in [5.41, 5.74) is 0. The summed E-state index contributed by atoms with van der Waals surface area (Å²) < 4.78 is 48.8. The average Bonchev–Trinajstić information content (AvgIpc) is 2.51. The second-order valence-electron chi connectivity index (χ2n) is 4.04. The number of hydrogen-bond acceptors (Lipinski definition) is 12. The van der Waals surface area contributed by atoms with Gasteiger partial charge >= 0.3 is 33.2 Å². The molecule has 2 atom stereocenters. The van der Waals surface area contributed by atoms with Crippen LogP contribution in [0.2, 0.25) is 0 Å². The maximum Gasteiger partial charge on any atom is 0.486 e. The Labute approximate surface area is 103 Å². The Morgan fingerprint density at radius 2 is 1.53 bits per heavy atom. The van der Waals surface area contributed by atoms with Crippen molar-refractivity contribution < 1.29 is 56.4 Å². The number of hydrogen-bond donors (Lipinski definition) is 3. The molecular weight excluding hydrogens is 314 g/mol. The van der Waals surface area contributed by atoms with Gasteiger partial charge < -0.3 is 15.3 Å². The average molecular weight is 318 g/mol. The first-order valence-electron chi connectivity index (χ1n) is 4.66. The van der Waals surface area contributed by atoms with Gasteiger partial charge in [-0.05, 0) is 0 Å². The van der Waals surface area contributed by atoms with Crippen molar-refractivity contribution in [3.63, 3.8) is 0 Å². The van der Waals surface area contributed by atoms with Crippen LogP contribution in [0.15, 0.2) is 0 Å². The van der Waals surface area contributed by atoms with Crippen LogP contribution in [0.25, 0.3) is 0 Å². The molecule has 0 spiro atoms. The fourth-order valence-corrected chi connectivity index (χ4v) is 4.75. The summed E-state index contributed by atoms with van der Waals surface area (Å²) >= 11 is 0. The molecule has 14 heteroatoms. The van der Waals surface area contributed by atoms with Crippen molar-refractivity contribution in [1.82, 2.24) is 0 Å². The van der Waals surface area contributed by atoms with Gasteiger partial charge in [-0.2, -0.15) is 0 Å². The highest BCUT2D eigenvalue weighted by molar-refractivity contribution is 7.50. The smallest absolute Gasteiger partial charge is 0.355 e. The van der Waals surface area contributed by atoms with Gasteiger partial charge in [0, 0.05) is 0 Å². The first-order chi connectivity index (χ1) is 8.55. The Balaban J connectivity index is 1.82. The van der Waals surface area contributed by atoms with Crippen molar-refractivity contribution in [3.8, 4) is 0 Å². The topological polar surface area (TPSA) is 167 Å². The lowest BCUT2D eigenvalue weighted by molar-refractivity contribution is -0.452. The molecule has 12 nitrogen and oxygen atoms in total. The number of carbonyl (C=O) groups excluding carboxylic acids is 1. The van der Waals surface area contributed by atoms with Gasteiger partial charge in [-0.25, -0.2) is 36.3 Å². The van der Waals surface area contributed by atoms with Crippen molar-refractivity contribution >= 4 is 21.4 Å². The molecule has 4 bridgehead atoms. The van der Waals surface area contributed by atoms with E-state index in [9.17, 15) is 29.2 Å². The molecule has 106 valence electrons. The number of phosphoric acid groups is 2. The molecule has 6 rings (SSSR count). The van der Waals surface area contributed by atoms with Gasteiger partial charge in [0.2, 0.25) is 6.29 Å². The molecule has 6 saturated heterocycles. The molecule has 0 aromatic heterocycles. The molecule has 0 aromatic carbocycles. The lowest BCUT2D eigenvalue weighted by Gasteiger charge is -2.49. The van der Waals surface area contributed by atoms with Crippen LogP contribution in [0.5, 0.6) is 0 Å². The van der Waals surface area contributed by atoms with Crippen LogP contribution in [-0.2, 0) is 41.1 Å². The summed E-state index contributed by atoms with van der Waals surface area (Å²) in [4.78, 5) is 11.7. The fourth-order valence-electron chi connectivity index (χ4n) is 1.94. The van der Waals surface area contributed by atoms with E-state index < -0.39 is 45.3 Å². The normalized spacial score (nSPS) is 66.5. The standard InChI is InChI=1S/C5H4O12P2/c6-1-2-12-18(10,13-2)14-3(1,7)4(8)5(9)16-19(11,15-4)17-5/h2,7-9H/t2?,3-,4+,5?,18?,19?/m0/s1. The molecule has 0 saturated carbocycles. The van der Waals surface area contributed by atoms with Crippen LogP contribution in [0, 0.1) is 0 Å². The van der Waals surface area contributed by atoms with E-state index in [0.29, 0.717) is 0 Å². The van der Waals surface area contributed by atoms with Gasteiger partial charge in [-0.15, -0.1) is 0 Å². The summed E-state index contributed by atoms with van der Waals surface area (Å²) in [6.45, 7) is 0. The Morgan fingerprint density at radius 1 is 0.947 bits per heavy atom. The predicted octanol–water partition coefficient (Wildman–Crippen LogP) is -1.72. The Morgan fingerprint density at radius 3 is 2.00 bits per heavy atom. The zero-order chi connectivity index (χ0) is 13.9. The molecular formula is C5H4O12P2. The monoisotopic (exact) mass is 318 g/mol. The van der Waals surface area contributed by atoms with Gasteiger partial charge in [-0.3, -0.25) is 4.79 Å². The molecule has 6 fully saturated rings. The zero-order valence-corrected chi connectivity index (χ0v) is 10.3. The lowest BCUT2D eigenvalue weighted by atomic mass is 9.98. The molecule has 0 aliphatic carbocycles. The summed E-state index contributed by atoms with van der Waals surface area (Å²) in [6, 6.07) is 0. The zero-order valence-electron chi connectivity index (χ0n) is 8.49. The van der Waals surface area contributed by atoms with Crippen LogP contribution in [0.3, 0.4) is 0 Å². The van der Waals surface area contributed by atoms with Gasteiger partial charge in [0.15, 0.2) is 0 Å². The fraction of sp³-hybridized carbons (Fsp3) is 0.800. The summed E-state index contributed by atoms with van der Waals surface area (Å²) in [6.07, 6.45) is -1.79. The van der Waals surface area contributed by atoms with Crippen molar-refractivity contribution in [2.75, 3.05) is 0 Å². The van der Waals surface area contributed by atoms with Gasteiger partial charge in [0.1, 0.15) is 0 Å². The Bertz CT molecular complexity index is 593. The minimum absolute atomic E-state index is 1.48. The van der Waals surface area contributed by atoms with E-state index in [4.69, 9.17) is 0 Å². The summed E-state index contributed by atoms with van der Waals surface area (Å²) in [5.74, 6) is -11.4. The van der Waals surface area contributed by atoms with E-state index in [1.54, 1.807) is 0 Å². The third-order valence-corrected chi connectivity index (χ3v) is 5.66. The molecule has 6 aliphatic heterocycles. The Kier molecular flexibility index (Phi) is 1.89. The second kappa shape index (κ2) is 2.86. The minimum atomic E-state index is -4.31. The van der Waals surface area contributed by atoms with Crippen LogP contribution in [0.1, 0.15) is 0 Å². The number of Topliss-reactive ketones (excluding diaryl/α,β-unsaturated/α-hetero) is 1. The molecule has 6 aliphatic rings. The number of rotatable bonds is 1. The first kappa shape index (κ1) is 12.5. The summed E-state index contributed by atoms with van der Waals surface area (Å²) in [7, 11) is -8.59. The largest absolute Gasteiger partial charge is 0.486 e. The highest BCUT2D eigenvalue weighted by Crippen LogP contribution is 2.80. The SMILES string of the molecule is O=C1C2OP(=O)(O2)O[C@]1(O)[C@@]1(O)OP2(=O)OC1(O)O2. The van der Waals surface area contributed by atoms with E-state index in [-0.39, 0.29) is 0 Å². The number of carbonyl (C=O) groups is 1. The van der Waals surface area contributed by atoms with Gasteiger partial charge in [0.25, 0.3) is 5.78 Å². The second-order valence-corrected chi connectivity index (χ2v) is 6.98. The van der Waals surface area contributed by atoms with Crippen LogP contribution in [-0.4, -0.2) is 44.9 Å². The van der Waals surface area contributed by atoms with Gasteiger partial charge in [0.05, 0.1) is 0 Å². The molecule has 0 unspecified atom stereocenters. The Hall–Kier alpha value is -0.230. The molecule has 6 heterocycles. The van der Waals surface area contributed by atoms with Crippen LogP contribution in [0.4, 0.5) is 0 Å². The number of aliphatic hydroxyl groups is 3. The molecule has 19 heavy (non-hydrogen) atoms. The van der Waals surface area contributed by atoms with E-state index in [1.807, 2.05) is 0 Å². The first-order valence-corrected chi connectivity index (χ1v) is 7.58. The van der Waals surface area contributed by atoms with Crippen molar-refractivity contribution in [2.45, 2.75) is 23.8 Å². The molecule has 0 aromatic rings. The summed E-state index contributed by atoms with van der Waals surface area (Å²) in [5, 5.41) is 29.6. The highest BCUT2D eigenvalue weighted by atomic mass is 31.2. The van der Waals surface area contributed by atoms with E-state index >= 15 is 0 Å².